The number of benzene rings is 2. The van der Waals surface area contributed by atoms with Gasteiger partial charge in [-0.1, -0.05) is 57.2 Å². The van der Waals surface area contributed by atoms with Crippen LogP contribution in [-0.2, 0) is 12.0 Å². The first-order valence-electron chi connectivity index (χ1n) is 7.44. The van der Waals surface area contributed by atoms with Crippen molar-refractivity contribution in [3.05, 3.63) is 71.0 Å². The van der Waals surface area contributed by atoms with E-state index in [2.05, 4.69) is 57.3 Å². The van der Waals surface area contributed by atoms with Gasteiger partial charge in [0.25, 0.3) is 0 Å². The van der Waals surface area contributed by atoms with E-state index in [0.29, 0.717) is 6.54 Å². The van der Waals surface area contributed by atoms with Gasteiger partial charge in [-0.3, -0.25) is 0 Å². The summed E-state index contributed by atoms with van der Waals surface area (Å²) >= 11 is 0. The van der Waals surface area contributed by atoms with Gasteiger partial charge in [0.1, 0.15) is 5.82 Å². The van der Waals surface area contributed by atoms with Crippen molar-refractivity contribution in [1.29, 1.82) is 0 Å². The minimum atomic E-state index is -0.184. The highest BCUT2D eigenvalue weighted by atomic mass is 19.1. The number of nitrogens with one attached hydrogen (secondary N) is 1. The van der Waals surface area contributed by atoms with Crippen LogP contribution in [0.4, 0.5) is 4.39 Å². The molecule has 0 bridgehead atoms. The van der Waals surface area contributed by atoms with Crippen molar-refractivity contribution >= 4 is 0 Å². The molecule has 21 heavy (non-hydrogen) atoms. The molecule has 2 heteroatoms. The molecular formula is C19H24FN. The topological polar surface area (TPSA) is 12.0 Å². The molecule has 1 N–H and O–H groups in total. The second-order valence-corrected chi connectivity index (χ2v) is 6.60. The minimum Gasteiger partial charge on any atom is -0.306 e. The van der Waals surface area contributed by atoms with Gasteiger partial charge >= 0.3 is 0 Å². The third-order valence-corrected chi connectivity index (χ3v) is 3.78. The van der Waals surface area contributed by atoms with Gasteiger partial charge in [-0.15, -0.1) is 0 Å². The molecule has 0 saturated heterocycles. The molecule has 1 atom stereocenters. The molecule has 0 aliphatic heterocycles. The molecule has 0 heterocycles. The van der Waals surface area contributed by atoms with Crippen LogP contribution in [0.2, 0.25) is 0 Å². The fourth-order valence-electron chi connectivity index (χ4n) is 2.31. The van der Waals surface area contributed by atoms with Crippen LogP contribution in [0.1, 0.15) is 50.4 Å². The molecule has 0 aromatic heterocycles. The first kappa shape index (κ1) is 15.7. The predicted octanol–water partition coefficient (Wildman–Crippen LogP) is 4.97. The van der Waals surface area contributed by atoms with E-state index in [4.69, 9.17) is 0 Å². The summed E-state index contributed by atoms with van der Waals surface area (Å²) in [5, 5.41) is 3.43. The largest absolute Gasteiger partial charge is 0.306 e. The van der Waals surface area contributed by atoms with E-state index in [1.165, 1.54) is 17.2 Å². The normalized spacial score (nSPS) is 13.2. The molecule has 0 aliphatic rings. The van der Waals surface area contributed by atoms with Gasteiger partial charge in [0.15, 0.2) is 0 Å². The van der Waals surface area contributed by atoms with E-state index in [-0.39, 0.29) is 17.3 Å². The van der Waals surface area contributed by atoms with Gasteiger partial charge < -0.3 is 5.32 Å². The maximum absolute atomic E-state index is 13.1. The monoisotopic (exact) mass is 285 g/mol. The summed E-state index contributed by atoms with van der Waals surface area (Å²) in [6.07, 6.45) is 0. The Morgan fingerprint density at radius 3 is 2.29 bits per heavy atom. The molecule has 0 saturated carbocycles. The molecule has 2 rings (SSSR count). The van der Waals surface area contributed by atoms with Gasteiger partial charge in [-0.2, -0.15) is 0 Å². The molecule has 0 radical (unpaired) electrons. The van der Waals surface area contributed by atoms with Crippen molar-refractivity contribution in [3.63, 3.8) is 0 Å². The Kier molecular flexibility index (Phi) is 4.79. The van der Waals surface area contributed by atoms with E-state index in [1.807, 2.05) is 6.07 Å². The molecular weight excluding hydrogens is 261 g/mol. The lowest BCUT2D eigenvalue weighted by Gasteiger charge is -2.20. The van der Waals surface area contributed by atoms with Crippen LogP contribution in [0, 0.1) is 5.82 Å². The summed E-state index contributed by atoms with van der Waals surface area (Å²) in [7, 11) is 0. The van der Waals surface area contributed by atoms with Crippen molar-refractivity contribution in [2.24, 2.45) is 0 Å². The molecule has 1 unspecified atom stereocenters. The Bertz CT molecular complexity index is 581. The summed E-state index contributed by atoms with van der Waals surface area (Å²) in [4.78, 5) is 0. The van der Waals surface area contributed by atoms with E-state index in [0.717, 1.165) is 5.56 Å². The Morgan fingerprint density at radius 2 is 1.71 bits per heavy atom. The van der Waals surface area contributed by atoms with Crippen LogP contribution in [0.15, 0.2) is 48.5 Å². The van der Waals surface area contributed by atoms with Gasteiger partial charge in [0.2, 0.25) is 0 Å². The average Bonchev–Trinajstić information content (AvgIpc) is 2.44. The lowest BCUT2D eigenvalue weighted by molar-refractivity contribution is 0.565. The van der Waals surface area contributed by atoms with Crippen LogP contribution < -0.4 is 5.32 Å². The highest BCUT2D eigenvalue weighted by Gasteiger charge is 2.13. The van der Waals surface area contributed by atoms with E-state index < -0.39 is 0 Å². The summed E-state index contributed by atoms with van der Waals surface area (Å²) in [5.74, 6) is -0.184. The maximum Gasteiger partial charge on any atom is 0.123 e. The zero-order valence-corrected chi connectivity index (χ0v) is 13.3. The molecule has 2 aromatic rings. The average molecular weight is 285 g/mol. The number of halogens is 1. The van der Waals surface area contributed by atoms with Gasteiger partial charge in [0, 0.05) is 12.6 Å². The highest BCUT2D eigenvalue weighted by molar-refractivity contribution is 5.29. The van der Waals surface area contributed by atoms with Crippen molar-refractivity contribution in [2.75, 3.05) is 0 Å². The van der Waals surface area contributed by atoms with Crippen LogP contribution >= 0.6 is 0 Å². The lowest BCUT2D eigenvalue weighted by atomic mass is 9.86. The fourth-order valence-corrected chi connectivity index (χ4v) is 2.31. The van der Waals surface area contributed by atoms with Gasteiger partial charge in [-0.25, -0.2) is 4.39 Å². The SMILES string of the molecule is CC(NCc1cccc(F)c1)c1ccc(C(C)(C)C)cc1. The summed E-state index contributed by atoms with van der Waals surface area (Å²) in [6, 6.07) is 15.7. The molecule has 0 spiro atoms. The zero-order valence-electron chi connectivity index (χ0n) is 13.3. The van der Waals surface area contributed by atoms with Crippen LogP contribution in [0.3, 0.4) is 0 Å². The van der Waals surface area contributed by atoms with Crippen molar-refractivity contribution < 1.29 is 4.39 Å². The van der Waals surface area contributed by atoms with E-state index in [1.54, 1.807) is 12.1 Å². The van der Waals surface area contributed by atoms with E-state index >= 15 is 0 Å². The highest BCUT2D eigenvalue weighted by Crippen LogP contribution is 2.24. The van der Waals surface area contributed by atoms with Crippen molar-refractivity contribution in [2.45, 2.75) is 45.7 Å². The Labute approximate surface area is 127 Å². The Balaban J connectivity index is 1.99. The molecule has 0 aliphatic carbocycles. The summed E-state index contributed by atoms with van der Waals surface area (Å²) < 4.78 is 13.1. The van der Waals surface area contributed by atoms with Crippen LogP contribution in [0.5, 0.6) is 0 Å². The molecule has 2 aromatic carbocycles. The number of hydrogen-bond acceptors (Lipinski definition) is 1. The Hall–Kier alpha value is -1.67. The molecule has 0 fully saturated rings. The molecule has 112 valence electrons. The minimum absolute atomic E-state index is 0.177. The van der Waals surface area contributed by atoms with E-state index in [9.17, 15) is 4.39 Å². The van der Waals surface area contributed by atoms with Gasteiger partial charge in [-0.05, 0) is 41.2 Å². The maximum atomic E-state index is 13.1. The smallest absolute Gasteiger partial charge is 0.123 e. The predicted molar refractivity (Wildman–Crippen MR) is 86.8 cm³/mol. The quantitative estimate of drug-likeness (QED) is 0.836. The molecule has 0 amide bonds. The zero-order chi connectivity index (χ0) is 15.5. The lowest BCUT2D eigenvalue weighted by Crippen LogP contribution is -2.18. The standard InChI is InChI=1S/C19H24FN/c1-14(21-13-15-6-5-7-18(20)12-15)16-8-10-17(11-9-16)19(2,3)4/h5-12,14,21H,13H2,1-4H3. The second-order valence-electron chi connectivity index (χ2n) is 6.60. The number of rotatable bonds is 4. The first-order valence-corrected chi connectivity index (χ1v) is 7.44. The van der Waals surface area contributed by atoms with Crippen LogP contribution in [0.25, 0.3) is 0 Å². The van der Waals surface area contributed by atoms with Gasteiger partial charge in [0.05, 0.1) is 0 Å². The number of hydrogen-bond donors (Lipinski definition) is 1. The first-order chi connectivity index (χ1) is 9.86. The van der Waals surface area contributed by atoms with Crippen molar-refractivity contribution in [3.8, 4) is 0 Å². The molecule has 1 nitrogen and oxygen atoms in total. The third kappa shape index (κ3) is 4.40. The van der Waals surface area contributed by atoms with Crippen molar-refractivity contribution in [1.82, 2.24) is 5.32 Å². The summed E-state index contributed by atoms with van der Waals surface area (Å²) in [5.41, 5.74) is 3.73. The third-order valence-electron chi connectivity index (χ3n) is 3.78. The Morgan fingerprint density at radius 1 is 1.05 bits per heavy atom. The second kappa shape index (κ2) is 6.40. The van der Waals surface area contributed by atoms with Crippen LogP contribution in [-0.4, -0.2) is 0 Å². The summed E-state index contributed by atoms with van der Waals surface area (Å²) in [6.45, 7) is 9.44. The fraction of sp³-hybridized carbons (Fsp3) is 0.368.